The second kappa shape index (κ2) is 4.86. The van der Waals surface area contributed by atoms with Crippen molar-refractivity contribution in [1.82, 2.24) is 0 Å². The van der Waals surface area contributed by atoms with Crippen LogP contribution in [0.25, 0.3) is 0 Å². The minimum absolute atomic E-state index is 0.374. The van der Waals surface area contributed by atoms with Gasteiger partial charge in [0, 0.05) is 0 Å². The van der Waals surface area contributed by atoms with Gasteiger partial charge in [-0.25, -0.2) is 0 Å². The van der Waals surface area contributed by atoms with Crippen LogP contribution in [0.5, 0.6) is 0 Å². The summed E-state index contributed by atoms with van der Waals surface area (Å²) in [6.45, 7) is 4.47. The molecule has 0 saturated heterocycles. The van der Waals surface area contributed by atoms with Gasteiger partial charge in [0.05, 0.1) is 6.61 Å². The third kappa shape index (κ3) is 3.84. The first-order valence-electron chi connectivity index (χ1n) is 3.47. The van der Waals surface area contributed by atoms with Crippen LogP contribution in [0.15, 0.2) is 12.2 Å². The molecular weight excluding hydrogens is 289 g/mol. The van der Waals surface area contributed by atoms with E-state index in [-0.39, 0.29) is 6.61 Å². The Kier molecular flexibility index (Phi) is 5.06. The van der Waals surface area contributed by atoms with E-state index < -0.39 is 19.0 Å². The van der Waals surface area contributed by atoms with E-state index >= 15 is 0 Å². The van der Waals surface area contributed by atoms with Gasteiger partial charge in [-0.3, -0.25) is 9.13 Å². The summed E-state index contributed by atoms with van der Waals surface area (Å²) >= 11 is 10.2. The molecule has 0 amide bonds. The van der Waals surface area contributed by atoms with Crippen molar-refractivity contribution in [3.63, 3.8) is 0 Å². The fraction of sp³-hybridized carbons (Fsp3) is 0.600. The van der Waals surface area contributed by atoms with Crippen molar-refractivity contribution in [2.75, 3.05) is 6.61 Å². The molecule has 0 saturated carbocycles. The molecule has 0 spiro atoms. The average Bonchev–Trinajstić information content (AvgIpc) is 1.98. The lowest BCUT2D eigenvalue weighted by atomic mass is 10.4. The largest absolute Gasteiger partial charge is 0.376 e. The Morgan fingerprint density at radius 2 is 1.80 bits per heavy atom. The molecule has 0 aromatic rings. The Labute approximate surface area is 96.5 Å². The summed E-state index contributed by atoms with van der Waals surface area (Å²) in [6, 6.07) is 0. The third-order valence-electron chi connectivity index (χ3n) is 1.18. The number of hydrogen-bond donors (Lipinski definition) is 3. The van der Waals surface area contributed by atoms with Crippen molar-refractivity contribution in [2.45, 2.75) is 10.7 Å². The fourth-order valence-corrected chi connectivity index (χ4v) is 2.77. The topological polar surface area (TPSA) is 104 Å². The van der Waals surface area contributed by atoms with Crippen LogP contribution in [0.1, 0.15) is 6.92 Å². The van der Waals surface area contributed by atoms with Gasteiger partial charge in [-0.1, -0.05) is 35.4 Å². The van der Waals surface area contributed by atoms with Crippen LogP contribution in [-0.2, 0) is 13.7 Å². The zero-order valence-corrected chi connectivity index (χ0v) is 10.9. The highest BCUT2D eigenvalue weighted by molar-refractivity contribution is 7.78. The molecule has 10 heteroatoms. The van der Waals surface area contributed by atoms with Gasteiger partial charge >= 0.3 is 19.0 Å². The summed E-state index contributed by atoms with van der Waals surface area (Å²) in [4.78, 5) is 26.5. The Hall–Kier alpha value is 0.620. The second-order valence-electron chi connectivity index (χ2n) is 2.80. The van der Waals surface area contributed by atoms with Crippen molar-refractivity contribution >= 4 is 38.4 Å². The molecule has 15 heavy (non-hydrogen) atoms. The molecule has 1 atom stereocenters. The molecule has 0 radical (unpaired) electrons. The van der Waals surface area contributed by atoms with E-state index in [2.05, 4.69) is 11.1 Å². The maximum atomic E-state index is 11.3. The van der Waals surface area contributed by atoms with Gasteiger partial charge in [-0.05, 0) is 6.92 Å². The molecule has 0 heterocycles. The molecule has 0 rings (SSSR count). The van der Waals surface area contributed by atoms with Gasteiger partial charge in [0.1, 0.15) is 0 Å². The van der Waals surface area contributed by atoms with Gasteiger partial charge in [-0.2, -0.15) is 0 Å². The maximum Gasteiger partial charge on any atom is 0.376 e. The lowest BCUT2D eigenvalue weighted by Crippen LogP contribution is -2.16. The van der Waals surface area contributed by atoms with Crippen molar-refractivity contribution in [3.8, 4) is 0 Å². The van der Waals surface area contributed by atoms with Gasteiger partial charge in [0.25, 0.3) is 0 Å². The van der Waals surface area contributed by atoms with Crippen molar-refractivity contribution in [2.24, 2.45) is 0 Å². The Morgan fingerprint density at radius 1 is 1.40 bits per heavy atom. The van der Waals surface area contributed by atoms with Crippen LogP contribution in [0, 0.1) is 0 Å². The number of rotatable bonds is 5. The summed E-state index contributed by atoms with van der Waals surface area (Å²) in [5.41, 5.74) is 0.374. The van der Waals surface area contributed by atoms with E-state index in [9.17, 15) is 9.13 Å². The zero-order valence-electron chi connectivity index (χ0n) is 7.63. The summed E-state index contributed by atoms with van der Waals surface area (Å²) in [5, 5.41) is 0. The molecular formula is C5H10Cl2O6P2. The Morgan fingerprint density at radius 3 is 2.07 bits per heavy atom. The van der Waals surface area contributed by atoms with Crippen LogP contribution < -0.4 is 0 Å². The Bertz CT molecular complexity index is 347. The first-order valence-corrected chi connectivity index (χ1v) is 7.41. The smallest absolute Gasteiger partial charge is 0.322 e. The summed E-state index contributed by atoms with van der Waals surface area (Å²) in [7, 11) is -10.1. The van der Waals surface area contributed by atoms with Gasteiger partial charge in [0.15, 0.2) is 0 Å². The van der Waals surface area contributed by atoms with E-state index in [1.807, 2.05) is 0 Å². The highest BCUT2D eigenvalue weighted by Crippen LogP contribution is 2.75. The van der Waals surface area contributed by atoms with Crippen LogP contribution in [-0.4, -0.2) is 25.1 Å². The van der Waals surface area contributed by atoms with Crippen LogP contribution >= 0.6 is 38.4 Å². The molecule has 0 bridgehead atoms. The number of alkyl halides is 2. The van der Waals surface area contributed by atoms with Crippen molar-refractivity contribution in [3.05, 3.63) is 12.2 Å². The van der Waals surface area contributed by atoms with Crippen LogP contribution in [0.4, 0.5) is 0 Å². The minimum atomic E-state index is -5.19. The molecule has 0 aliphatic carbocycles. The molecule has 3 N–H and O–H groups in total. The Balaban J connectivity index is 4.95. The fourth-order valence-electron chi connectivity index (χ4n) is 0.440. The highest BCUT2D eigenvalue weighted by Gasteiger charge is 2.60. The van der Waals surface area contributed by atoms with Crippen LogP contribution in [0.2, 0.25) is 0 Å². The van der Waals surface area contributed by atoms with E-state index in [1.54, 1.807) is 0 Å². The molecule has 0 aliphatic rings. The molecule has 1 unspecified atom stereocenters. The SMILES string of the molecule is C=C(C)COP(=O)(O)C(Cl)(Cl)P(=O)(O)O. The normalized spacial score (nSPS) is 17.2. The summed E-state index contributed by atoms with van der Waals surface area (Å²) in [6.07, 6.45) is 0. The summed E-state index contributed by atoms with van der Waals surface area (Å²) < 4.78 is 23.2. The first kappa shape index (κ1) is 15.6. The van der Waals surface area contributed by atoms with Crippen molar-refractivity contribution < 1.29 is 28.3 Å². The lowest BCUT2D eigenvalue weighted by molar-refractivity contribution is 0.275. The zero-order chi connectivity index (χ0) is 12.5. The predicted molar refractivity (Wildman–Crippen MR) is 57.1 cm³/mol. The molecule has 0 aromatic carbocycles. The monoisotopic (exact) mass is 298 g/mol. The number of halogens is 2. The first-order chi connectivity index (χ1) is 6.42. The van der Waals surface area contributed by atoms with E-state index in [0.29, 0.717) is 5.57 Å². The lowest BCUT2D eigenvalue weighted by Gasteiger charge is -2.25. The molecule has 6 nitrogen and oxygen atoms in total. The van der Waals surface area contributed by atoms with Gasteiger partial charge < -0.3 is 19.2 Å². The summed E-state index contributed by atoms with van der Waals surface area (Å²) in [5.74, 6) is 0. The minimum Gasteiger partial charge on any atom is -0.322 e. The molecule has 0 fully saturated rings. The van der Waals surface area contributed by atoms with E-state index in [0.717, 1.165) is 0 Å². The quantitative estimate of drug-likeness (QED) is 0.407. The predicted octanol–water partition coefficient (Wildman–Crippen LogP) is 2.03. The van der Waals surface area contributed by atoms with E-state index in [4.69, 9.17) is 37.9 Å². The van der Waals surface area contributed by atoms with E-state index in [1.165, 1.54) is 6.92 Å². The maximum absolute atomic E-state index is 11.3. The molecule has 90 valence electrons. The standard InChI is InChI=1S/C5H10Cl2O6P2/c1-4(2)3-13-15(11,12)5(6,7)14(8,9)10/h1,3H2,2H3,(H,11,12)(H2,8,9,10). The molecule has 0 aliphatic heterocycles. The van der Waals surface area contributed by atoms with Gasteiger partial charge in [0.2, 0.25) is 0 Å². The average molecular weight is 299 g/mol. The molecule has 0 aromatic heterocycles. The highest BCUT2D eigenvalue weighted by atomic mass is 35.5. The second-order valence-corrected chi connectivity index (χ2v) is 9.27. The third-order valence-corrected chi connectivity index (χ3v) is 7.18. The number of hydrogen-bond acceptors (Lipinski definition) is 3. The van der Waals surface area contributed by atoms with Gasteiger partial charge in [-0.15, -0.1) is 0 Å². The van der Waals surface area contributed by atoms with Crippen LogP contribution in [0.3, 0.4) is 0 Å². The van der Waals surface area contributed by atoms with Crippen molar-refractivity contribution in [1.29, 1.82) is 0 Å².